The van der Waals surface area contributed by atoms with Crippen LogP contribution in [-0.2, 0) is 20.8 Å². The zero-order valence-electron chi connectivity index (χ0n) is 12.6. The van der Waals surface area contributed by atoms with E-state index in [-0.39, 0.29) is 13.2 Å². The molecule has 7 heteroatoms. The Morgan fingerprint density at radius 1 is 1.05 bits per heavy atom. The molecule has 0 aromatic heterocycles. The third-order valence-electron chi connectivity index (χ3n) is 3.59. The van der Waals surface area contributed by atoms with Crippen LogP contribution in [0.4, 0.5) is 0 Å². The lowest BCUT2D eigenvalue weighted by molar-refractivity contribution is -0.297. The summed E-state index contributed by atoms with van der Waals surface area (Å²) in [5.74, 6) is 0.727. The maximum atomic E-state index is 10.2. The van der Waals surface area contributed by atoms with Crippen molar-refractivity contribution in [3.63, 3.8) is 0 Å². The summed E-state index contributed by atoms with van der Waals surface area (Å²) in [6, 6.07) is 7.22. The Morgan fingerprint density at radius 2 is 1.73 bits per heavy atom. The Labute approximate surface area is 129 Å². The van der Waals surface area contributed by atoms with E-state index in [1.54, 1.807) is 19.2 Å². The van der Waals surface area contributed by atoms with E-state index in [9.17, 15) is 15.3 Å². The van der Waals surface area contributed by atoms with Crippen molar-refractivity contribution in [3.05, 3.63) is 29.8 Å². The van der Waals surface area contributed by atoms with Crippen molar-refractivity contribution in [1.82, 2.24) is 0 Å². The van der Waals surface area contributed by atoms with Gasteiger partial charge < -0.3 is 34.3 Å². The van der Waals surface area contributed by atoms with Crippen LogP contribution in [0.3, 0.4) is 0 Å². The molecule has 0 radical (unpaired) electrons. The van der Waals surface area contributed by atoms with Crippen LogP contribution < -0.4 is 4.74 Å². The molecule has 22 heavy (non-hydrogen) atoms. The van der Waals surface area contributed by atoms with Crippen LogP contribution in [0.5, 0.6) is 5.75 Å². The van der Waals surface area contributed by atoms with Gasteiger partial charge in [0.25, 0.3) is 0 Å². The fourth-order valence-electron chi connectivity index (χ4n) is 2.33. The normalized spacial score (nSPS) is 32.0. The molecule has 0 aliphatic carbocycles. The van der Waals surface area contributed by atoms with E-state index in [0.29, 0.717) is 0 Å². The second-order valence-electron chi connectivity index (χ2n) is 5.13. The van der Waals surface area contributed by atoms with Gasteiger partial charge in [0.15, 0.2) is 6.29 Å². The molecule has 0 amide bonds. The van der Waals surface area contributed by atoms with E-state index >= 15 is 0 Å². The predicted molar refractivity (Wildman–Crippen MR) is 76.3 cm³/mol. The van der Waals surface area contributed by atoms with Gasteiger partial charge in [-0.1, -0.05) is 12.1 Å². The van der Waals surface area contributed by atoms with E-state index in [4.69, 9.17) is 18.9 Å². The summed E-state index contributed by atoms with van der Waals surface area (Å²) in [5.41, 5.74) is 0.851. The first-order chi connectivity index (χ1) is 10.6. The second kappa shape index (κ2) is 7.87. The maximum absolute atomic E-state index is 10.2. The molecule has 3 N–H and O–H groups in total. The molecule has 0 unspecified atom stereocenters. The highest BCUT2D eigenvalue weighted by Gasteiger charge is 2.44. The largest absolute Gasteiger partial charge is 0.497 e. The van der Waals surface area contributed by atoms with Crippen molar-refractivity contribution in [2.24, 2.45) is 0 Å². The SMILES string of the molecule is COC[C@H]1O[C@H](O)[C@H](O)[C@@H](OCc2ccc(OC)cc2)[C@@H]1O. The zero-order chi connectivity index (χ0) is 16.1. The van der Waals surface area contributed by atoms with E-state index < -0.39 is 30.7 Å². The summed E-state index contributed by atoms with van der Waals surface area (Å²) in [6.45, 7) is 0.266. The minimum absolute atomic E-state index is 0.0906. The number of rotatable bonds is 6. The quantitative estimate of drug-likeness (QED) is 0.661. The van der Waals surface area contributed by atoms with Crippen LogP contribution in [0, 0.1) is 0 Å². The van der Waals surface area contributed by atoms with Gasteiger partial charge in [0.05, 0.1) is 20.3 Å². The fraction of sp³-hybridized carbons (Fsp3) is 0.600. The molecular formula is C15H22O7. The molecule has 1 aromatic carbocycles. The number of aliphatic hydroxyl groups excluding tert-OH is 3. The van der Waals surface area contributed by atoms with Crippen LogP contribution in [0.1, 0.15) is 5.56 Å². The van der Waals surface area contributed by atoms with Crippen LogP contribution in [0.25, 0.3) is 0 Å². The molecule has 7 nitrogen and oxygen atoms in total. The first-order valence-corrected chi connectivity index (χ1v) is 7.00. The van der Waals surface area contributed by atoms with Crippen molar-refractivity contribution in [2.75, 3.05) is 20.8 Å². The minimum atomic E-state index is -1.43. The van der Waals surface area contributed by atoms with Crippen molar-refractivity contribution in [3.8, 4) is 5.75 Å². The van der Waals surface area contributed by atoms with E-state index in [2.05, 4.69) is 0 Å². The summed E-state index contributed by atoms with van der Waals surface area (Å²) < 4.78 is 20.7. The van der Waals surface area contributed by atoms with Crippen molar-refractivity contribution < 1.29 is 34.3 Å². The van der Waals surface area contributed by atoms with Gasteiger partial charge in [0, 0.05) is 7.11 Å². The molecule has 2 rings (SSSR count). The number of benzene rings is 1. The lowest BCUT2D eigenvalue weighted by Gasteiger charge is -2.40. The summed E-state index contributed by atoms with van der Waals surface area (Å²) >= 11 is 0. The molecule has 124 valence electrons. The summed E-state index contributed by atoms with van der Waals surface area (Å²) in [4.78, 5) is 0. The summed E-state index contributed by atoms with van der Waals surface area (Å²) in [6.07, 6.45) is -5.59. The van der Waals surface area contributed by atoms with Gasteiger partial charge in [0.2, 0.25) is 0 Å². The molecule has 1 fully saturated rings. The highest BCUT2D eigenvalue weighted by molar-refractivity contribution is 5.26. The van der Waals surface area contributed by atoms with Crippen molar-refractivity contribution in [1.29, 1.82) is 0 Å². The average molecular weight is 314 g/mol. The Kier molecular flexibility index (Phi) is 6.13. The van der Waals surface area contributed by atoms with Gasteiger partial charge in [-0.15, -0.1) is 0 Å². The Hall–Kier alpha value is -1.22. The average Bonchev–Trinajstić information content (AvgIpc) is 2.53. The van der Waals surface area contributed by atoms with Crippen molar-refractivity contribution >= 4 is 0 Å². The lowest BCUT2D eigenvalue weighted by atomic mass is 9.99. The molecule has 0 bridgehead atoms. The van der Waals surface area contributed by atoms with Crippen LogP contribution in [0.2, 0.25) is 0 Å². The van der Waals surface area contributed by atoms with Gasteiger partial charge in [0.1, 0.15) is 30.2 Å². The van der Waals surface area contributed by atoms with Crippen molar-refractivity contribution in [2.45, 2.75) is 37.3 Å². The summed E-state index contributed by atoms with van der Waals surface area (Å²) in [7, 11) is 3.04. The van der Waals surface area contributed by atoms with Gasteiger partial charge in [-0.3, -0.25) is 0 Å². The Bertz CT molecular complexity index is 450. The number of ether oxygens (including phenoxy) is 4. The molecule has 1 heterocycles. The van der Waals surface area contributed by atoms with Gasteiger partial charge in [-0.2, -0.15) is 0 Å². The monoisotopic (exact) mass is 314 g/mol. The van der Waals surface area contributed by atoms with Gasteiger partial charge >= 0.3 is 0 Å². The smallest absolute Gasteiger partial charge is 0.184 e. The highest BCUT2D eigenvalue weighted by atomic mass is 16.7. The maximum Gasteiger partial charge on any atom is 0.184 e. The van der Waals surface area contributed by atoms with E-state index in [0.717, 1.165) is 11.3 Å². The molecule has 1 aromatic rings. The standard InChI is InChI=1S/C15H22O7/c1-19-8-11-12(16)14(13(17)15(18)22-11)21-7-9-3-5-10(20-2)6-4-9/h3-6,11-18H,7-8H2,1-2H3/t11-,12-,13-,14+,15+/m1/s1. The van der Waals surface area contributed by atoms with Crippen LogP contribution in [-0.4, -0.2) is 66.9 Å². The number of hydrogen-bond acceptors (Lipinski definition) is 7. The van der Waals surface area contributed by atoms with Crippen LogP contribution in [0.15, 0.2) is 24.3 Å². The third kappa shape index (κ3) is 3.95. The molecule has 0 spiro atoms. The number of aliphatic hydroxyl groups is 3. The van der Waals surface area contributed by atoms with Crippen LogP contribution >= 0.6 is 0 Å². The molecule has 0 saturated carbocycles. The minimum Gasteiger partial charge on any atom is -0.497 e. The molecule has 1 aliphatic rings. The number of hydrogen-bond donors (Lipinski definition) is 3. The Morgan fingerprint density at radius 3 is 2.32 bits per heavy atom. The number of methoxy groups -OCH3 is 2. The molecule has 5 atom stereocenters. The first-order valence-electron chi connectivity index (χ1n) is 7.00. The van der Waals surface area contributed by atoms with Gasteiger partial charge in [-0.05, 0) is 17.7 Å². The first kappa shape index (κ1) is 17.1. The van der Waals surface area contributed by atoms with E-state index in [1.807, 2.05) is 12.1 Å². The molecule has 1 saturated heterocycles. The fourth-order valence-corrected chi connectivity index (χ4v) is 2.33. The van der Waals surface area contributed by atoms with Gasteiger partial charge in [-0.25, -0.2) is 0 Å². The predicted octanol–water partition coefficient (Wildman–Crippen LogP) is -0.334. The second-order valence-corrected chi connectivity index (χ2v) is 5.13. The summed E-state index contributed by atoms with van der Waals surface area (Å²) in [5, 5.41) is 29.8. The molecule has 1 aliphatic heterocycles. The molecular weight excluding hydrogens is 292 g/mol. The van der Waals surface area contributed by atoms with E-state index in [1.165, 1.54) is 7.11 Å². The Balaban J connectivity index is 1.98. The topological polar surface area (TPSA) is 97.6 Å². The third-order valence-corrected chi connectivity index (χ3v) is 3.59. The highest BCUT2D eigenvalue weighted by Crippen LogP contribution is 2.24. The lowest BCUT2D eigenvalue weighted by Crippen LogP contribution is -2.59. The zero-order valence-corrected chi connectivity index (χ0v) is 12.6.